The molecule has 0 atom stereocenters. The third kappa shape index (κ3) is 13.6. The standard InChI is InChI=1S/3C12H8N2O4.2ClH.Ru/c3*15-11(16)7-1-3-13-9(5-7)10-6-8(12(17)18)2-4-14-10;;;/h3*1-6H,(H,15,16)(H,17,18);2*1H;/q;;;;;+2/p-2. The van der Waals surface area contributed by atoms with Gasteiger partial charge in [0, 0.05) is 37.2 Å². The molecule has 6 rings (SSSR count). The van der Waals surface area contributed by atoms with Crippen molar-refractivity contribution in [1.82, 2.24) is 29.9 Å². The van der Waals surface area contributed by atoms with Crippen molar-refractivity contribution in [2.24, 2.45) is 0 Å². The van der Waals surface area contributed by atoms with Crippen LogP contribution in [-0.4, -0.2) is 96.4 Å². The molecule has 6 N–H and O–H groups in total. The summed E-state index contributed by atoms with van der Waals surface area (Å²) in [5.41, 5.74) is 2.34. The van der Waals surface area contributed by atoms with E-state index in [4.69, 9.17) is 50.0 Å². The van der Waals surface area contributed by atoms with Crippen LogP contribution in [0.2, 0.25) is 0 Å². The molecule has 0 radical (unpaired) electrons. The Morgan fingerprint density at radius 2 is 0.456 bits per heavy atom. The molecule has 0 unspecified atom stereocenters. The molecule has 18 nitrogen and oxygen atoms in total. The van der Waals surface area contributed by atoms with E-state index in [1.54, 1.807) is 0 Å². The van der Waals surface area contributed by atoms with E-state index in [2.05, 4.69) is 29.9 Å². The van der Waals surface area contributed by atoms with Crippen LogP contribution in [0, 0.1) is 0 Å². The van der Waals surface area contributed by atoms with Crippen LogP contribution >= 0.6 is 19.4 Å². The summed E-state index contributed by atoms with van der Waals surface area (Å²) in [4.78, 5) is 88.7. The summed E-state index contributed by atoms with van der Waals surface area (Å²) in [5, 5.41) is 53.1. The molecule has 0 aliphatic heterocycles. The van der Waals surface area contributed by atoms with Crippen molar-refractivity contribution < 1.29 is 74.6 Å². The van der Waals surface area contributed by atoms with Crippen LogP contribution < -0.4 is 0 Å². The summed E-state index contributed by atoms with van der Waals surface area (Å²) in [6, 6.07) is 16.2. The van der Waals surface area contributed by atoms with Crippen molar-refractivity contribution in [3.63, 3.8) is 0 Å². The molecule has 57 heavy (non-hydrogen) atoms. The Hall–Kier alpha value is -7.08. The second kappa shape index (κ2) is 21.7. The van der Waals surface area contributed by atoms with Crippen molar-refractivity contribution in [3.8, 4) is 34.2 Å². The van der Waals surface area contributed by atoms with Crippen molar-refractivity contribution in [1.29, 1.82) is 0 Å². The first kappa shape index (κ1) is 44.3. The predicted octanol–water partition coefficient (Wildman–Crippen LogP) is 6.00. The van der Waals surface area contributed by atoms with Gasteiger partial charge in [0.15, 0.2) is 0 Å². The molecule has 0 saturated carbocycles. The fourth-order valence-corrected chi connectivity index (χ4v) is 4.22. The fourth-order valence-electron chi connectivity index (χ4n) is 4.22. The summed E-state index contributed by atoms with van der Waals surface area (Å²) in [6.07, 6.45) is 8.05. The van der Waals surface area contributed by atoms with E-state index < -0.39 is 35.8 Å². The first-order chi connectivity index (χ1) is 27.1. The van der Waals surface area contributed by atoms with Gasteiger partial charge in [-0.15, -0.1) is 0 Å². The average molecular weight is 905 g/mol. The Labute approximate surface area is 335 Å². The molecule has 6 heterocycles. The number of carboxylic acids is 6. The molecule has 0 aliphatic carbocycles. The van der Waals surface area contributed by atoms with E-state index in [1.165, 1.54) is 110 Å². The van der Waals surface area contributed by atoms with Gasteiger partial charge < -0.3 is 30.6 Å². The zero-order valence-electron chi connectivity index (χ0n) is 28.3. The quantitative estimate of drug-likeness (QED) is 0.0907. The zero-order valence-corrected chi connectivity index (χ0v) is 31.6. The number of aromatic nitrogens is 6. The number of nitrogens with zero attached hydrogens (tertiary/aromatic N) is 6. The van der Waals surface area contributed by atoms with Crippen LogP contribution in [0.3, 0.4) is 0 Å². The van der Waals surface area contributed by atoms with Gasteiger partial charge in [0.05, 0.1) is 67.5 Å². The normalized spacial score (nSPS) is 9.86. The van der Waals surface area contributed by atoms with Crippen molar-refractivity contribution in [2.45, 2.75) is 0 Å². The number of hydrogen-bond donors (Lipinski definition) is 6. The molecule has 6 aromatic rings. The molecule has 292 valence electrons. The van der Waals surface area contributed by atoms with E-state index in [1.807, 2.05) is 0 Å². The monoisotopic (exact) mass is 904 g/mol. The predicted molar refractivity (Wildman–Crippen MR) is 196 cm³/mol. The third-order valence-corrected chi connectivity index (χ3v) is 6.83. The first-order valence-electron chi connectivity index (χ1n) is 15.2. The Balaban J connectivity index is 0.000000221. The first-order valence-corrected chi connectivity index (χ1v) is 19.6. The van der Waals surface area contributed by atoms with Gasteiger partial charge in [0.1, 0.15) is 0 Å². The Morgan fingerprint density at radius 1 is 0.333 bits per heavy atom. The van der Waals surface area contributed by atoms with Gasteiger partial charge in [-0.25, -0.2) is 28.8 Å². The second-order valence-corrected chi connectivity index (χ2v) is 13.1. The van der Waals surface area contributed by atoms with Crippen LogP contribution in [-0.2, 0) is 15.1 Å². The van der Waals surface area contributed by atoms with Crippen LogP contribution in [0.25, 0.3) is 34.2 Å². The van der Waals surface area contributed by atoms with E-state index >= 15 is 0 Å². The van der Waals surface area contributed by atoms with E-state index in [-0.39, 0.29) is 48.5 Å². The molecular formula is C36H24Cl2N6O12Ru. The Morgan fingerprint density at radius 3 is 0.561 bits per heavy atom. The van der Waals surface area contributed by atoms with Crippen LogP contribution in [0.1, 0.15) is 62.1 Å². The van der Waals surface area contributed by atoms with Crippen molar-refractivity contribution >= 4 is 55.2 Å². The van der Waals surface area contributed by atoms with Gasteiger partial charge in [0.2, 0.25) is 0 Å². The van der Waals surface area contributed by atoms with Crippen LogP contribution in [0.5, 0.6) is 0 Å². The maximum absolute atomic E-state index is 10.8. The number of halogens is 2. The van der Waals surface area contributed by atoms with Gasteiger partial charge in [-0.2, -0.15) is 0 Å². The number of aromatic carboxylic acids is 6. The molecule has 0 bridgehead atoms. The summed E-state index contributed by atoms with van der Waals surface area (Å²) in [5.74, 6) is -6.46. The van der Waals surface area contributed by atoms with Gasteiger partial charge >= 0.3 is 70.3 Å². The van der Waals surface area contributed by atoms with E-state index in [9.17, 15) is 28.8 Å². The second-order valence-electron chi connectivity index (χ2n) is 10.5. The van der Waals surface area contributed by atoms with Gasteiger partial charge in [-0.1, -0.05) is 0 Å². The minimum absolute atomic E-state index is 0.0718. The molecule has 0 aliphatic rings. The van der Waals surface area contributed by atoms with Gasteiger partial charge in [-0.3, -0.25) is 29.9 Å². The maximum atomic E-state index is 10.8. The summed E-state index contributed by atoms with van der Waals surface area (Å²) < 4.78 is 0. The zero-order chi connectivity index (χ0) is 42.1. The van der Waals surface area contributed by atoms with Crippen molar-refractivity contribution in [3.05, 3.63) is 143 Å². The molecule has 0 spiro atoms. The van der Waals surface area contributed by atoms with Gasteiger partial charge in [0.25, 0.3) is 0 Å². The minimum atomic E-state index is -1.08. The summed E-state index contributed by atoms with van der Waals surface area (Å²) in [7, 11) is 9.71. The fraction of sp³-hybridized carbons (Fsp3) is 0. The third-order valence-electron chi connectivity index (χ3n) is 6.83. The molecular weight excluding hydrogens is 880 g/mol. The topological polar surface area (TPSA) is 301 Å². The van der Waals surface area contributed by atoms with E-state index in [0.29, 0.717) is 34.2 Å². The molecule has 0 aromatic carbocycles. The number of hydrogen-bond acceptors (Lipinski definition) is 12. The van der Waals surface area contributed by atoms with Crippen LogP contribution in [0.15, 0.2) is 110 Å². The summed E-state index contributed by atoms with van der Waals surface area (Å²) in [6.45, 7) is 0. The average Bonchev–Trinajstić information content (AvgIpc) is 3.22. The van der Waals surface area contributed by atoms with Crippen molar-refractivity contribution in [2.75, 3.05) is 0 Å². The molecule has 0 saturated heterocycles. The molecule has 21 heteroatoms. The van der Waals surface area contributed by atoms with E-state index in [0.717, 1.165) is 0 Å². The molecule has 6 aromatic heterocycles. The van der Waals surface area contributed by atoms with Gasteiger partial charge in [-0.05, 0) is 72.8 Å². The number of pyridine rings is 6. The van der Waals surface area contributed by atoms with Crippen LogP contribution in [0.4, 0.5) is 0 Å². The Bertz CT molecular complexity index is 2010. The number of rotatable bonds is 9. The SMILES string of the molecule is O=C(O)c1ccnc(-c2cc(C(=O)O)ccn2)c1.O=C(O)c1ccnc(-c2cc(C(=O)O)ccn2)c1.O=C(O)c1ccnc(-c2cc(C(=O)O)ccn2)c1.[Cl][Ru][Cl]. The number of carboxylic acid groups (broad SMARTS) is 6. The molecule has 0 fully saturated rings. The molecule has 0 amide bonds. The summed E-state index contributed by atoms with van der Waals surface area (Å²) >= 11 is -0.346. The Kier molecular flexibility index (Phi) is 16.9. The number of carbonyl (C=O) groups is 6.